The SMILES string of the molecule is CC1CCNCC1N(Cc1ccccc1)P(=O)(O)O. The van der Waals surface area contributed by atoms with E-state index in [0.717, 1.165) is 18.5 Å². The lowest BCUT2D eigenvalue weighted by molar-refractivity contribution is 0.155. The number of nitrogens with zero attached hydrogens (tertiary/aromatic N) is 1. The Morgan fingerprint density at radius 2 is 2.05 bits per heavy atom. The number of hydrogen-bond donors (Lipinski definition) is 3. The average molecular weight is 284 g/mol. The fraction of sp³-hybridized carbons (Fsp3) is 0.538. The molecule has 1 aliphatic rings. The van der Waals surface area contributed by atoms with Gasteiger partial charge in [0.05, 0.1) is 0 Å². The van der Waals surface area contributed by atoms with Crippen LogP contribution in [0.15, 0.2) is 30.3 Å². The Kier molecular flexibility index (Phi) is 4.76. The zero-order valence-electron chi connectivity index (χ0n) is 11.1. The number of benzene rings is 1. The second kappa shape index (κ2) is 6.16. The van der Waals surface area contributed by atoms with Gasteiger partial charge in [-0.1, -0.05) is 37.3 Å². The molecule has 1 aliphatic heterocycles. The minimum absolute atomic E-state index is 0.130. The van der Waals surface area contributed by atoms with Gasteiger partial charge in [0.15, 0.2) is 0 Å². The molecule has 1 aromatic carbocycles. The van der Waals surface area contributed by atoms with E-state index < -0.39 is 7.75 Å². The zero-order chi connectivity index (χ0) is 13.9. The predicted molar refractivity (Wildman–Crippen MR) is 74.5 cm³/mol. The Morgan fingerprint density at radius 1 is 1.37 bits per heavy atom. The number of nitrogens with one attached hydrogen (secondary N) is 1. The van der Waals surface area contributed by atoms with Crippen LogP contribution in [0.5, 0.6) is 0 Å². The Labute approximate surface area is 113 Å². The van der Waals surface area contributed by atoms with Crippen molar-refractivity contribution in [2.45, 2.75) is 25.9 Å². The molecule has 0 bridgehead atoms. The van der Waals surface area contributed by atoms with Crippen molar-refractivity contribution in [3.8, 4) is 0 Å². The molecule has 1 heterocycles. The van der Waals surface area contributed by atoms with Gasteiger partial charge in [0.2, 0.25) is 0 Å². The molecule has 0 spiro atoms. The van der Waals surface area contributed by atoms with Gasteiger partial charge in [-0.3, -0.25) is 0 Å². The largest absolute Gasteiger partial charge is 0.403 e. The van der Waals surface area contributed by atoms with E-state index in [0.29, 0.717) is 6.54 Å². The highest BCUT2D eigenvalue weighted by Crippen LogP contribution is 2.45. The van der Waals surface area contributed by atoms with Crippen molar-refractivity contribution in [2.24, 2.45) is 5.92 Å². The summed E-state index contributed by atoms with van der Waals surface area (Å²) in [4.78, 5) is 19.2. The standard InChI is InChI=1S/C13H21N2O3P/c1-11-7-8-14-9-13(11)15(19(16,17)18)10-12-5-3-2-4-6-12/h2-6,11,13-14H,7-10H2,1H3,(H2,16,17,18). The molecule has 5 nitrogen and oxygen atoms in total. The van der Waals surface area contributed by atoms with Crippen LogP contribution in [0.4, 0.5) is 0 Å². The van der Waals surface area contributed by atoms with Crippen molar-refractivity contribution in [2.75, 3.05) is 13.1 Å². The van der Waals surface area contributed by atoms with Crippen LogP contribution in [-0.2, 0) is 11.1 Å². The van der Waals surface area contributed by atoms with Crippen molar-refractivity contribution < 1.29 is 14.4 Å². The van der Waals surface area contributed by atoms with E-state index in [1.807, 2.05) is 30.3 Å². The summed E-state index contributed by atoms with van der Waals surface area (Å²) in [5, 5.41) is 3.22. The summed E-state index contributed by atoms with van der Waals surface area (Å²) >= 11 is 0. The molecule has 2 unspecified atom stereocenters. The summed E-state index contributed by atoms with van der Waals surface area (Å²) in [5.41, 5.74) is 0.920. The maximum absolute atomic E-state index is 11.8. The van der Waals surface area contributed by atoms with Gasteiger partial charge in [-0.15, -0.1) is 0 Å². The molecule has 1 fully saturated rings. The van der Waals surface area contributed by atoms with E-state index in [1.165, 1.54) is 4.67 Å². The van der Waals surface area contributed by atoms with Crippen LogP contribution >= 0.6 is 7.75 Å². The Bertz CT molecular complexity index is 448. The molecule has 1 aromatic rings. The first-order valence-corrected chi connectivity index (χ1v) is 8.12. The fourth-order valence-corrected chi connectivity index (χ4v) is 3.59. The lowest BCUT2D eigenvalue weighted by atomic mass is 9.94. The van der Waals surface area contributed by atoms with Gasteiger partial charge in [0.25, 0.3) is 0 Å². The molecular formula is C13H21N2O3P. The van der Waals surface area contributed by atoms with Crippen LogP contribution in [0, 0.1) is 5.92 Å². The van der Waals surface area contributed by atoms with Crippen molar-refractivity contribution >= 4 is 7.75 Å². The van der Waals surface area contributed by atoms with Crippen molar-refractivity contribution in [1.29, 1.82) is 0 Å². The average Bonchev–Trinajstić information content (AvgIpc) is 2.37. The molecule has 0 aromatic heterocycles. The van der Waals surface area contributed by atoms with Crippen molar-refractivity contribution in [1.82, 2.24) is 9.99 Å². The van der Waals surface area contributed by atoms with E-state index in [2.05, 4.69) is 12.2 Å². The van der Waals surface area contributed by atoms with Gasteiger partial charge in [0, 0.05) is 19.1 Å². The van der Waals surface area contributed by atoms with Crippen LogP contribution in [0.1, 0.15) is 18.9 Å². The smallest absolute Gasteiger partial charge is 0.315 e. The lowest BCUT2D eigenvalue weighted by Crippen LogP contribution is -2.48. The maximum Gasteiger partial charge on any atom is 0.403 e. The van der Waals surface area contributed by atoms with E-state index in [9.17, 15) is 14.4 Å². The minimum Gasteiger partial charge on any atom is -0.315 e. The first-order chi connectivity index (χ1) is 8.98. The van der Waals surface area contributed by atoms with E-state index in [-0.39, 0.29) is 18.5 Å². The normalized spacial score (nSPS) is 24.6. The Balaban J connectivity index is 2.19. The van der Waals surface area contributed by atoms with Gasteiger partial charge >= 0.3 is 7.75 Å². The summed E-state index contributed by atoms with van der Waals surface area (Å²) in [6.45, 7) is 3.87. The highest BCUT2D eigenvalue weighted by atomic mass is 31.2. The molecule has 0 amide bonds. The first kappa shape index (κ1) is 14.7. The molecule has 6 heteroatoms. The predicted octanol–water partition coefficient (Wildman–Crippen LogP) is 1.58. The van der Waals surface area contributed by atoms with Crippen LogP contribution in [0.3, 0.4) is 0 Å². The second-order valence-electron chi connectivity index (χ2n) is 5.13. The van der Waals surface area contributed by atoms with Gasteiger partial charge in [-0.05, 0) is 24.4 Å². The van der Waals surface area contributed by atoms with Crippen molar-refractivity contribution in [3.63, 3.8) is 0 Å². The molecule has 2 atom stereocenters. The zero-order valence-corrected chi connectivity index (χ0v) is 12.0. The lowest BCUT2D eigenvalue weighted by Gasteiger charge is -2.38. The Hall–Kier alpha value is -0.710. The molecule has 0 saturated carbocycles. The highest BCUT2D eigenvalue weighted by molar-refractivity contribution is 7.49. The summed E-state index contributed by atoms with van der Waals surface area (Å²) in [6.07, 6.45) is 0.940. The molecular weight excluding hydrogens is 263 g/mol. The maximum atomic E-state index is 11.8. The van der Waals surface area contributed by atoms with E-state index >= 15 is 0 Å². The molecule has 106 valence electrons. The quantitative estimate of drug-likeness (QED) is 0.732. The van der Waals surface area contributed by atoms with Gasteiger partial charge in [-0.2, -0.15) is 0 Å². The van der Waals surface area contributed by atoms with Crippen LogP contribution in [-0.4, -0.2) is 33.6 Å². The molecule has 1 saturated heterocycles. The highest BCUT2D eigenvalue weighted by Gasteiger charge is 2.36. The molecule has 19 heavy (non-hydrogen) atoms. The van der Waals surface area contributed by atoms with Crippen molar-refractivity contribution in [3.05, 3.63) is 35.9 Å². The summed E-state index contributed by atoms with van der Waals surface area (Å²) in [6, 6.07) is 9.32. The van der Waals surface area contributed by atoms with E-state index in [1.54, 1.807) is 0 Å². The molecule has 3 N–H and O–H groups in total. The van der Waals surface area contributed by atoms with Crippen LogP contribution < -0.4 is 5.32 Å². The number of rotatable bonds is 4. The summed E-state index contributed by atoms with van der Waals surface area (Å²) in [5.74, 6) is 0.276. The van der Waals surface area contributed by atoms with Crippen LogP contribution in [0.25, 0.3) is 0 Å². The minimum atomic E-state index is -4.25. The molecule has 0 radical (unpaired) electrons. The first-order valence-electron chi connectivity index (χ1n) is 6.56. The third-order valence-electron chi connectivity index (χ3n) is 3.69. The van der Waals surface area contributed by atoms with Crippen LogP contribution in [0.2, 0.25) is 0 Å². The second-order valence-corrected chi connectivity index (χ2v) is 6.67. The van der Waals surface area contributed by atoms with E-state index in [4.69, 9.17) is 0 Å². The topological polar surface area (TPSA) is 72.8 Å². The Morgan fingerprint density at radius 3 is 2.63 bits per heavy atom. The summed E-state index contributed by atoms with van der Waals surface area (Å²) < 4.78 is 13.1. The monoisotopic (exact) mass is 284 g/mol. The third kappa shape index (κ3) is 3.88. The number of piperidine rings is 1. The van der Waals surface area contributed by atoms with Gasteiger partial charge < -0.3 is 15.1 Å². The molecule has 2 rings (SSSR count). The number of hydrogen-bond acceptors (Lipinski definition) is 2. The van der Waals surface area contributed by atoms with Gasteiger partial charge in [-0.25, -0.2) is 9.24 Å². The molecule has 0 aliphatic carbocycles. The van der Waals surface area contributed by atoms with Gasteiger partial charge in [0.1, 0.15) is 0 Å². The third-order valence-corrected chi connectivity index (χ3v) is 4.80. The summed E-state index contributed by atoms with van der Waals surface area (Å²) in [7, 11) is -4.25. The fourth-order valence-electron chi connectivity index (χ4n) is 2.55.